The average Bonchev–Trinajstić information content (AvgIpc) is 2.02. The molecule has 12 heavy (non-hydrogen) atoms. The zero-order valence-electron chi connectivity index (χ0n) is 8.52. The second-order valence-electron chi connectivity index (χ2n) is 4.62. The largest absolute Gasteiger partial charge is 0.419 e. The van der Waals surface area contributed by atoms with Crippen molar-refractivity contribution in [2.24, 2.45) is 0 Å². The van der Waals surface area contributed by atoms with E-state index in [1.807, 2.05) is 0 Å². The summed E-state index contributed by atoms with van der Waals surface area (Å²) in [7, 11) is -1.84. The van der Waals surface area contributed by atoms with Crippen LogP contribution in [-0.4, -0.2) is 30.1 Å². The van der Waals surface area contributed by atoms with E-state index < -0.39 is 17.3 Å². The molecule has 0 spiro atoms. The van der Waals surface area contributed by atoms with E-state index in [2.05, 4.69) is 24.6 Å². The first-order valence-electron chi connectivity index (χ1n) is 4.94. The van der Waals surface area contributed by atoms with Crippen molar-refractivity contribution in [1.29, 1.82) is 0 Å². The normalized spacial score (nSPS) is 25.8. The highest BCUT2D eigenvalue weighted by atomic mass is 28.3. The van der Waals surface area contributed by atoms with Crippen LogP contribution in [-0.2, 0) is 4.43 Å². The van der Waals surface area contributed by atoms with Gasteiger partial charge in [-0.3, -0.25) is 0 Å². The molecule has 1 aliphatic heterocycles. The minimum atomic E-state index is -1.04. The molecule has 0 saturated carbocycles. The second-order valence-corrected chi connectivity index (χ2v) is 12.0. The number of hydrogen-bond donors (Lipinski definition) is 1. The van der Waals surface area contributed by atoms with Crippen molar-refractivity contribution >= 4 is 17.3 Å². The summed E-state index contributed by atoms with van der Waals surface area (Å²) >= 11 is 0. The van der Waals surface area contributed by atoms with E-state index in [1.54, 1.807) is 0 Å². The van der Waals surface area contributed by atoms with Crippen LogP contribution < -0.4 is 4.98 Å². The SMILES string of the molecule is C[Si](C)(C)NC[SiH]1CCCCO1. The molecule has 0 radical (unpaired) electrons. The molecule has 0 bridgehead atoms. The Morgan fingerprint density at radius 1 is 1.33 bits per heavy atom. The van der Waals surface area contributed by atoms with Gasteiger partial charge in [-0.15, -0.1) is 0 Å². The maximum Gasteiger partial charge on any atom is 0.189 e. The van der Waals surface area contributed by atoms with Gasteiger partial charge in [0.15, 0.2) is 9.04 Å². The van der Waals surface area contributed by atoms with Crippen LogP contribution in [0.25, 0.3) is 0 Å². The highest BCUT2D eigenvalue weighted by Gasteiger charge is 2.19. The van der Waals surface area contributed by atoms with Gasteiger partial charge >= 0.3 is 0 Å². The van der Waals surface area contributed by atoms with Crippen molar-refractivity contribution in [3.8, 4) is 0 Å². The van der Waals surface area contributed by atoms with Gasteiger partial charge in [0.1, 0.15) is 8.24 Å². The van der Waals surface area contributed by atoms with Gasteiger partial charge < -0.3 is 9.41 Å². The van der Waals surface area contributed by atoms with Crippen LogP contribution in [0.15, 0.2) is 0 Å². The molecule has 1 heterocycles. The van der Waals surface area contributed by atoms with Gasteiger partial charge in [-0.2, -0.15) is 0 Å². The second kappa shape index (κ2) is 4.55. The van der Waals surface area contributed by atoms with Gasteiger partial charge in [0.2, 0.25) is 0 Å². The summed E-state index contributed by atoms with van der Waals surface area (Å²) in [5.41, 5.74) is 0. The van der Waals surface area contributed by atoms with Crippen LogP contribution in [0.2, 0.25) is 25.7 Å². The molecular weight excluding hydrogens is 182 g/mol. The lowest BCUT2D eigenvalue weighted by Gasteiger charge is -2.25. The monoisotopic (exact) mass is 203 g/mol. The highest BCUT2D eigenvalue weighted by molar-refractivity contribution is 6.74. The van der Waals surface area contributed by atoms with Crippen LogP contribution in [0.5, 0.6) is 0 Å². The number of rotatable bonds is 3. The molecule has 72 valence electrons. The zero-order valence-corrected chi connectivity index (χ0v) is 10.7. The summed E-state index contributed by atoms with van der Waals surface area (Å²) in [4.78, 5) is 3.67. The van der Waals surface area contributed by atoms with Gasteiger partial charge in [-0.25, -0.2) is 0 Å². The Balaban J connectivity index is 2.13. The zero-order chi connectivity index (χ0) is 9.03. The smallest absolute Gasteiger partial charge is 0.189 e. The van der Waals surface area contributed by atoms with E-state index in [0.717, 1.165) is 6.61 Å². The number of nitrogens with one attached hydrogen (secondary N) is 1. The molecule has 1 unspecified atom stereocenters. The standard InChI is InChI=1S/C8H21NOSi2/c1-12(2,3)9-8-11-7-5-4-6-10-11/h9,11H,4-8H2,1-3H3. The van der Waals surface area contributed by atoms with Gasteiger partial charge in [0.05, 0.1) is 0 Å². The van der Waals surface area contributed by atoms with Crippen LogP contribution in [0.4, 0.5) is 0 Å². The van der Waals surface area contributed by atoms with Crippen molar-refractivity contribution in [1.82, 2.24) is 4.98 Å². The fourth-order valence-corrected chi connectivity index (χ4v) is 6.48. The van der Waals surface area contributed by atoms with E-state index >= 15 is 0 Å². The number of hydrogen-bond acceptors (Lipinski definition) is 2. The van der Waals surface area contributed by atoms with Crippen molar-refractivity contribution in [3.63, 3.8) is 0 Å². The fraction of sp³-hybridized carbons (Fsp3) is 1.00. The minimum Gasteiger partial charge on any atom is -0.419 e. The summed E-state index contributed by atoms with van der Waals surface area (Å²) in [6.07, 6.45) is 3.90. The van der Waals surface area contributed by atoms with E-state index in [0.29, 0.717) is 0 Å². The Kier molecular flexibility index (Phi) is 3.96. The summed E-state index contributed by atoms with van der Waals surface area (Å²) in [6, 6.07) is 1.39. The van der Waals surface area contributed by atoms with Crippen LogP contribution in [0.3, 0.4) is 0 Å². The summed E-state index contributed by atoms with van der Waals surface area (Å²) < 4.78 is 5.77. The van der Waals surface area contributed by atoms with Crippen LogP contribution in [0.1, 0.15) is 12.8 Å². The van der Waals surface area contributed by atoms with Crippen molar-refractivity contribution in [2.45, 2.75) is 38.5 Å². The highest BCUT2D eigenvalue weighted by Crippen LogP contribution is 2.10. The molecule has 1 rings (SSSR count). The Morgan fingerprint density at radius 2 is 2.08 bits per heavy atom. The van der Waals surface area contributed by atoms with Crippen molar-refractivity contribution in [2.75, 3.05) is 12.8 Å². The van der Waals surface area contributed by atoms with Gasteiger partial charge in [-0.1, -0.05) is 26.1 Å². The first kappa shape index (κ1) is 10.4. The van der Waals surface area contributed by atoms with Gasteiger partial charge in [0, 0.05) is 12.8 Å². The lowest BCUT2D eigenvalue weighted by molar-refractivity contribution is 0.286. The molecule has 1 saturated heterocycles. The third-order valence-electron chi connectivity index (χ3n) is 2.13. The van der Waals surface area contributed by atoms with E-state index in [9.17, 15) is 0 Å². The molecule has 1 aliphatic rings. The quantitative estimate of drug-likeness (QED) is 0.702. The maximum atomic E-state index is 5.77. The molecular formula is C8H21NOSi2. The molecule has 0 aromatic rings. The molecule has 0 aromatic carbocycles. The van der Waals surface area contributed by atoms with Gasteiger partial charge in [0.25, 0.3) is 0 Å². The fourth-order valence-electron chi connectivity index (χ4n) is 1.39. The molecule has 4 heteroatoms. The van der Waals surface area contributed by atoms with Crippen molar-refractivity contribution < 1.29 is 4.43 Å². The van der Waals surface area contributed by atoms with E-state index in [4.69, 9.17) is 4.43 Å². The third-order valence-corrected chi connectivity index (χ3v) is 6.23. The Morgan fingerprint density at radius 3 is 2.58 bits per heavy atom. The average molecular weight is 203 g/mol. The molecule has 1 N–H and O–H groups in total. The van der Waals surface area contributed by atoms with Crippen molar-refractivity contribution in [3.05, 3.63) is 0 Å². The topological polar surface area (TPSA) is 21.3 Å². The molecule has 0 aliphatic carbocycles. The van der Waals surface area contributed by atoms with Crippen LogP contribution in [0, 0.1) is 0 Å². The predicted octanol–water partition coefficient (Wildman–Crippen LogP) is 1.48. The first-order chi connectivity index (χ1) is 5.58. The van der Waals surface area contributed by atoms with E-state index in [-0.39, 0.29) is 0 Å². The molecule has 1 fully saturated rings. The minimum absolute atomic E-state index is 0.802. The van der Waals surface area contributed by atoms with Gasteiger partial charge in [-0.05, 0) is 12.5 Å². The predicted molar refractivity (Wildman–Crippen MR) is 58.5 cm³/mol. The maximum absolute atomic E-state index is 5.77. The Bertz CT molecular complexity index is 130. The lowest BCUT2D eigenvalue weighted by atomic mass is 10.4. The van der Waals surface area contributed by atoms with E-state index in [1.165, 1.54) is 25.1 Å². The summed E-state index contributed by atoms with van der Waals surface area (Å²) in [5, 5.41) is 0. The Hall–Kier alpha value is 0.354. The lowest BCUT2D eigenvalue weighted by Crippen LogP contribution is -2.48. The summed E-state index contributed by atoms with van der Waals surface area (Å²) in [6.45, 7) is 8.09. The van der Waals surface area contributed by atoms with Crippen LogP contribution >= 0.6 is 0 Å². The Labute approximate surface area is 78.5 Å². The molecule has 0 amide bonds. The third kappa shape index (κ3) is 4.40. The molecule has 0 aromatic heterocycles. The molecule has 2 nitrogen and oxygen atoms in total. The molecule has 1 atom stereocenters. The first-order valence-corrected chi connectivity index (χ1v) is 10.5. The summed E-state index contributed by atoms with van der Waals surface area (Å²) in [5.74, 6) is 0.